The van der Waals surface area contributed by atoms with Crippen molar-refractivity contribution in [3.05, 3.63) is 22.2 Å². The van der Waals surface area contributed by atoms with Gasteiger partial charge in [0.15, 0.2) is 11.5 Å². The zero-order valence-electron chi connectivity index (χ0n) is 8.31. The number of hydrogen-bond donors (Lipinski definition) is 0. The number of rotatable bonds is 1. The van der Waals surface area contributed by atoms with Crippen LogP contribution in [0.5, 0.6) is 11.5 Å². The first-order chi connectivity index (χ1) is 7.89. The zero-order chi connectivity index (χ0) is 12.6. The van der Waals surface area contributed by atoms with Gasteiger partial charge >= 0.3 is 6.18 Å². The summed E-state index contributed by atoms with van der Waals surface area (Å²) < 4.78 is 47.2. The van der Waals surface area contributed by atoms with Gasteiger partial charge in [0, 0.05) is 10.0 Å². The van der Waals surface area contributed by atoms with Gasteiger partial charge < -0.3 is 9.47 Å². The molecule has 0 unspecified atom stereocenters. The van der Waals surface area contributed by atoms with Crippen LogP contribution in [-0.2, 0) is 0 Å². The van der Waals surface area contributed by atoms with Gasteiger partial charge in [0.1, 0.15) is 13.2 Å². The highest BCUT2D eigenvalue weighted by atomic mass is 79.9. The lowest BCUT2D eigenvalue weighted by Crippen LogP contribution is -2.24. The quantitative estimate of drug-likeness (QED) is 0.748. The largest absolute Gasteiger partial charge is 0.486 e. The van der Waals surface area contributed by atoms with Crippen molar-refractivity contribution in [2.75, 3.05) is 13.2 Å². The summed E-state index contributed by atoms with van der Waals surface area (Å²) in [6.07, 6.45) is -4.91. The Labute approximate surface area is 103 Å². The molecular weight excluding hydrogens is 305 g/mol. The van der Waals surface area contributed by atoms with Crippen LogP contribution in [0.25, 0.3) is 0 Å². The van der Waals surface area contributed by atoms with E-state index in [0.717, 1.165) is 6.07 Å². The second-order valence-electron chi connectivity index (χ2n) is 3.30. The van der Waals surface area contributed by atoms with E-state index in [1.165, 1.54) is 6.07 Å². The molecule has 0 saturated heterocycles. The average molecular weight is 311 g/mol. The van der Waals surface area contributed by atoms with Crippen LogP contribution in [0.15, 0.2) is 16.6 Å². The Morgan fingerprint density at radius 2 is 1.71 bits per heavy atom. The number of fused-ring (bicyclic) bond motifs is 1. The van der Waals surface area contributed by atoms with E-state index >= 15 is 0 Å². The molecule has 1 aromatic carbocycles. The Morgan fingerprint density at radius 3 is 2.24 bits per heavy atom. The minimum Gasteiger partial charge on any atom is -0.486 e. The van der Waals surface area contributed by atoms with Crippen LogP contribution in [0, 0.1) is 0 Å². The molecule has 0 aromatic heterocycles. The molecule has 92 valence electrons. The third-order valence-corrected chi connectivity index (χ3v) is 2.79. The van der Waals surface area contributed by atoms with Crippen molar-refractivity contribution in [2.24, 2.45) is 0 Å². The van der Waals surface area contributed by atoms with E-state index in [1.807, 2.05) is 0 Å². The number of ketones is 1. The van der Waals surface area contributed by atoms with Crippen LogP contribution in [0.3, 0.4) is 0 Å². The first-order valence-corrected chi connectivity index (χ1v) is 5.39. The van der Waals surface area contributed by atoms with Crippen LogP contribution in [0.1, 0.15) is 10.4 Å². The summed E-state index contributed by atoms with van der Waals surface area (Å²) in [6, 6.07) is 2.34. The molecule has 1 heterocycles. The maximum absolute atomic E-state index is 12.3. The summed E-state index contributed by atoms with van der Waals surface area (Å²) in [6.45, 7) is 0.570. The average Bonchev–Trinajstić information content (AvgIpc) is 2.26. The molecule has 0 atom stereocenters. The lowest BCUT2D eigenvalue weighted by molar-refractivity contribution is -0.0885. The molecule has 0 aliphatic carbocycles. The van der Waals surface area contributed by atoms with Gasteiger partial charge in [-0.2, -0.15) is 13.2 Å². The van der Waals surface area contributed by atoms with Crippen molar-refractivity contribution in [2.45, 2.75) is 6.18 Å². The van der Waals surface area contributed by atoms with E-state index in [4.69, 9.17) is 9.47 Å². The van der Waals surface area contributed by atoms with Crippen molar-refractivity contribution < 1.29 is 27.4 Å². The molecule has 17 heavy (non-hydrogen) atoms. The van der Waals surface area contributed by atoms with E-state index < -0.39 is 17.5 Å². The normalized spacial score (nSPS) is 14.6. The highest BCUT2D eigenvalue weighted by Gasteiger charge is 2.40. The van der Waals surface area contributed by atoms with Gasteiger partial charge in [-0.25, -0.2) is 0 Å². The molecule has 0 fully saturated rings. The molecule has 1 aliphatic rings. The van der Waals surface area contributed by atoms with Crippen molar-refractivity contribution in [1.29, 1.82) is 0 Å². The SMILES string of the molecule is O=C(c1cc2c(cc1Br)OCCO2)C(F)(F)F. The minimum absolute atomic E-state index is 0.0316. The van der Waals surface area contributed by atoms with E-state index in [9.17, 15) is 18.0 Å². The molecule has 2 rings (SSSR count). The fourth-order valence-electron chi connectivity index (χ4n) is 1.39. The van der Waals surface area contributed by atoms with Crippen LogP contribution in [0.2, 0.25) is 0 Å². The highest BCUT2D eigenvalue weighted by Crippen LogP contribution is 2.37. The molecule has 0 saturated carbocycles. The van der Waals surface area contributed by atoms with Crippen LogP contribution >= 0.6 is 15.9 Å². The van der Waals surface area contributed by atoms with Crippen LogP contribution in [0.4, 0.5) is 13.2 Å². The van der Waals surface area contributed by atoms with Gasteiger partial charge in [0.2, 0.25) is 0 Å². The number of ether oxygens (including phenoxy) is 2. The fourth-order valence-corrected chi connectivity index (χ4v) is 1.89. The summed E-state index contributed by atoms with van der Waals surface area (Å²) in [4.78, 5) is 11.1. The number of halogens is 4. The molecule has 0 bridgehead atoms. The van der Waals surface area contributed by atoms with Gasteiger partial charge in [0.05, 0.1) is 0 Å². The molecule has 1 aliphatic heterocycles. The van der Waals surface area contributed by atoms with E-state index in [1.54, 1.807) is 0 Å². The molecular formula is C10H6BrF3O3. The summed E-state index contributed by atoms with van der Waals surface area (Å²) in [5, 5.41) is 0. The standard InChI is InChI=1S/C10H6BrF3O3/c11-6-4-8-7(16-1-2-17-8)3-5(6)9(15)10(12,13)14/h3-4H,1-2H2. The second kappa shape index (κ2) is 4.21. The number of alkyl halides is 3. The van der Waals surface area contributed by atoms with E-state index in [2.05, 4.69) is 15.9 Å². The van der Waals surface area contributed by atoms with Gasteiger partial charge in [-0.15, -0.1) is 0 Å². The Morgan fingerprint density at radius 1 is 1.18 bits per heavy atom. The first-order valence-electron chi connectivity index (χ1n) is 4.60. The van der Waals surface area contributed by atoms with E-state index in [0.29, 0.717) is 12.4 Å². The third kappa shape index (κ3) is 2.38. The van der Waals surface area contributed by atoms with Crippen LogP contribution in [-0.4, -0.2) is 25.2 Å². The van der Waals surface area contributed by atoms with E-state index in [-0.39, 0.29) is 16.8 Å². The third-order valence-electron chi connectivity index (χ3n) is 2.13. The fraction of sp³-hybridized carbons (Fsp3) is 0.300. The topological polar surface area (TPSA) is 35.5 Å². The Bertz CT molecular complexity index is 471. The molecule has 0 amide bonds. The molecule has 0 N–H and O–H groups in total. The molecule has 0 radical (unpaired) electrons. The Kier molecular flexibility index (Phi) is 3.03. The second-order valence-corrected chi connectivity index (χ2v) is 4.16. The summed E-state index contributed by atoms with van der Waals surface area (Å²) in [5.41, 5.74) is -0.484. The molecule has 3 nitrogen and oxygen atoms in total. The van der Waals surface area contributed by atoms with Gasteiger partial charge in [-0.05, 0) is 28.1 Å². The zero-order valence-corrected chi connectivity index (χ0v) is 9.89. The molecule has 1 aromatic rings. The Hall–Kier alpha value is -1.24. The monoisotopic (exact) mass is 310 g/mol. The molecule has 7 heteroatoms. The van der Waals surface area contributed by atoms with Crippen molar-refractivity contribution in [3.63, 3.8) is 0 Å². The predicted octanol–water partition coefficient (Wildman–Crippen LogP) is 2.97. The van der Waals surface area contributed by atoms with Crippen LogP contribution < -0.4 is 9.47 Å². The van der Waals surface area contributed by atoms with Gasteiger partial charge in [-0.1, -0.05) is 0 Å². The van der Waals surface area contributed by atoms with Gasteiger partial charge in [0.25, 0.3) is 5.78 Å². The maximum Gasteiger partial charge on any atom is 0.454 e. The lowest BCUT2D eigenvalue weighted by atomic mass is 10.1. The van der Waals surface area contributed by atoms with Crippen molar-refractivity contribution in [3.8, 4) is 11.5 Å². The van der Waals surface area contributed by atoms with Crippen molar-refractivity contribution >= 4 is 21.7 Å². The number of carbonyl (C=O) groups is 1. The first kappa shape index (κ1) is 12.2. The minimum atomic E-state index is -4.91. The maximum atomic E-state index is 12.3. The number of Topliss-reactive ketones (excluding diaryl/α,β-unsaturated/α-hetero) is 1. The summed E-state index contributed by atoms with van der Waals surface area (Å²) in [5.74, 6) is -1.45. The molecule has 0 spiro atoms. The smallest absolute Gasteiger partial charge is 0.454 e. The number of benzene rings is 1. The highest BCUT2D eigenvalue weighted by molar-refractivity contribution is 9.10. The van der Waals surface area contributed by atoms with Gasteiger partial charge in [-0.3, -0.25) is 4.79 Å². The number of hydrogen-bond acceptors (Lipinski definition) is 3. The summed E-state index contributed by atoms with van der Waals surface area (Å²) in [7, 11) is 0. The summed E-state index contributed by atoms with van der Waals surface area (Å²) >= 11 is 2.91. The lowest BCUT2D eigenvalue weighted by Gasteiger charge is -2.19. The van der Waals surface area contributed by atoms with Crippen molar-refractivity contribution in [1.82, 2.24) is 0 Å². The Balaban J connectivity index is 2.45. The predicted molar refractivity (Wildman–Crippen MR) is 55.5 cm³/mol. The number of carbonyl (C=O) groups excluding carboxylic acids is 1.